The molecule has 0 saturated carbocycles. The Balaban J connectivity index is 1.30. The first kappa shape index (κ1) is 23.8. The van der Waals surface area contributed by atoms with E-state index in [0.717, 1.165) is 71.4 Å². The molecule has 0 fully saturated rings. The summed E-state index contributed by atoms with van der Waals surface area (Å²) in [6.45, 7) is 0. The fourth-order valence-corrected chi connectivity index (χ4v) is 8.16. The number of aromatic nitrogens is 5. The molecule has 0 N–H and O–H groups in total. The Morgan fingerprint density at radius 3 is 1.80 bits per heavy atom. The van der Waals surface area contributed by atoms with Crippen LogP contribution >= 0.6 is 0 Å². The molecule has 0 bridgehead atoms. The SMILES string of the molecule is N#Cc1c(-n2c3cccc4c5cncnc5c5cccc2c5c43)cccc1-n1c2cccc3c4ccccc4c4ccnc1c4c32. The maximum atomic E-state index is 11.0. The molecule has 0 radical (unpaired) electrons. The monoisotopic (exact) mass is 584 g/mol. The van der Waals surface area contributed by atoms with Crippen molar-refractivity contribution in [2.45, 2.75) is 0 Å². The number of nitrogens with zero attached hydrogens (tertiary/aromatic N) is 6. The van der Waals surface area contributed by atoms with Crippen molar-refractivity contribution in [1.29, 1.82) is 5.26 Å². The number of fused-ring (bicyclic) bond motifs is 6. The topological polar surface area (TPSA) is 72.3 Å². The van der Waals surface area contributed by atoms with Crippen LogP contribution in [0, 0.1) is 11.3 Å². The third kappa shape index (κ3) is 2.71. The van der Waals surface area contributed by atoms with E-state index >= 15 is 0 Å². The summed E-state index contributed by atoms with van der Waals surface area (Å²) in [5, 5.41) is 23.6. The first-order valence-corrected chi connectivity index (χ1v) is 15.3. The normalized spacial score (nSPS) is 12.3. The number of hydrogen-bond donors (Lipinski definition) is 0. The summed E-state index contributed by atoms with van der Waals surface area (Å²) in [6, 6.07) is 38.6. The molecular weight excluding hydrogens is 564 g/mol. The molecule has 0 aliphatic rings. The Kier molecular flexibility index (Phi) is 4.31. The fraction of sp³-hybridized carbons (Fsp3) is 0. The number of rotatable bonds is 2. The van der Waals surface area contributed by atoms with Gasteiger partial charge in [0, 0.05) is 44.7 Å². The van der Waals surface area contributed by atoms with Crippen LogP contribution in [-0.4, -0.2) is 24.1 Å². The third-order valence-corrected chi connectivity index (χ3v) is 9.87. The summed E-state index contributed by atoms with van der Waals surface area (Å²) in [5.41, 5.74) is 7.11. The highest BCUT2D eigenvalue weighted by Gasteiger charge is 2.25. The molecule has 0 spiro atoms. The van der Waals surface area contributed by atoms with Crippen molar-refractivity contribution in [3.63, 3.8) is 0 Å². The van der Waals surface area contributed by atoms with Crippen LogP contribution in [0.2, 0.25) is 0 Å². The molecule has 11 aromatic rings. The van der Waals surface area contributed by atoms with E-state index in [1.807, 2.05) is 18.5 Å². The summed E-state index contributed by atoms with van der Waals surface area (Å²) >= 11 is 0. The predicted octanol–water partition coefficient (Wildman–Crippen LogP) is 9.43. The molecule has 0 saturated heterocycles. The molecule has 4 aromatic heterocycles. The van der Waals surface area contributed by atoms with Crippen LogP contribution in [0.15, 0.2) is 122 Å². The Morgan fingerprint density at radius 2 is 1.07 bits per heavy atom. The largest absolute Gasteiger partial charge is 0.308 e. The highest BCUT2D eigenvalue weighted by atomic mass is 15.1. The highest BCUT2D eigenvalue weighted by Crippen LogP contribution is 2.45. The van der Waals surface area contributed by atoms with Crippen molar-refractivity contribution in [2.24, 2.45) is 0 Å². The molecule has 0 amide bonds. The summed E-state index contributed by atoms with van der Waals surface area (Å²) in [7, 11) is 0. The van der Waals surface area contributed by atoms with Gasteiger partial charge in [-0.1, -0.05) is 66.7 Å². The van der Waals surface area contributed by atoms with Gasteiger partial charge >= 0.3 is 0 Å². The van der Waals surface area contributed by atoms with Crippen molar-refractivity contribution < 1.29 is 0 Å². The van der Waals surface area contributed by atoms with Crippen LogP contribution in [0.4, 0.5) is 0 Å². The zero-order valence-electron chi connectivity index (χ0n) is 24.2. The number of hydrogen-bond acceptors (Lipinski definition) is 4. The Labute approximate surface area is 260 Å². The average molecular weight is 585 g/mol. The first-order valence-electron chi connectivity index (χ1n) is 15.3. The van der Waals surface area contributed by atoms with Crippen molar-refractivity contribution in [3.05, 3.63) is 127 Å². The zero-order valence-corrected chi connectivity index (χ0v) is 24.2. The third-order valence-electron chi connectivity index (χ3n) is 9.87. The van der Waals surface area contributed by atoms with E-state index in [1.54, 1.807) is 6.33 Å². The minimum atomic E-state index is 0.585. The van der Waals surface area contributed by atoms with E-state index in [1.165, 1.54) is 26.9 Å². The first-order chi connectivity index (χ1) is 22.8. The lowest BCUT2D eigenvalue weighted by molar-refractivity contribution is 1.10. The maximum Gasteiger partial charge on any atom is 0.146 e. The van der Waals surface area contributed by atoms with Gasteiger partial charge in [-0.2, -0.15) is 5.26 Å². The minimum Gasteiger partial charge on any atom is -0.308 e. The fourth-order valence-electron chi connectivity index (χ4n) is 8.16. The Bertz CT molecular complexity index is 2730. The van der Waals surface area contributed by atoms with Crippen LogP contribution in [0.5, 0.6) is 0 Å². The number of benzene rings is 7. The quantitative estimate of drug-likeness (QED) is 0.190. The molecule has 0 aliphatic heterocycles. The van der Waals surface area contributed by atoms with E-state index < -0.39 is 0 Å². The lowest BCUT2D eigenvalue weighted by Gasteiger charge is -2.15. The zero-order chi connectivity index (χ0) is 30.1. The molecule has 6 nitrogen and oxygen atoms in total. The molecule has 11 rings (SSSR count). The lowest BCUT2D eigenvalue weighted by Crippen LogP contribution is -2.04. The van der Waals surface area contributed by atoms with Crippen LogP contribution in [0.3, 0.4) is 0 Å². The van der Waals surface area contributed by atoms with Gasteiger partial charge in [-0.3, -0.25) is 4.57 Å². The van der Waals surface area contributed by atoms with Crippen LogP contribution < -0.4 is 0 Å². The minimum absolute atomic E-state index is 0.585. The molecule has 0 atom stereocenters. The Hall–Kier alpha value is -6.58. The summed E-state index contributed by atoms with van der Waals surface area (Å²) in [4.78, 5) is 14.0. The van der Waals surface area contributed by atoms with Gasteiger partial charge in [-0.15, -0.1) is 0 Å². The van der Waals surface area contributed by atoms with E-state index in [-0.39, 0.29) is 0 Å². The van der Waals surface area contributed by atoms with E-state index in [4.69, 9.17) is 9.97 Å². The molecule has 46 heavy (non-hydrogen) atoms. The maximum absolute atomic E-state index is 11.0. The van der Waals surface area contributed by atoms with Crippen LogP contribution in [0.1, 0.15) is 5.56 Å². The van der Waals surface area contributed by atoms with Gasteiger partial charge in [0.15, 0.2) is 0 Å². The van der Waals surface area contributed by atoms with Crippen molar-refractivity contribution in [2.75, 3.05) is 0 Å². The predicted molar refractivity (Wildman–Crippen MR) is 186 cm³/mol. The number of nitriles is 1. The Morgan fingerprint density at radius 1 is 0.500 bits per heavy atom. The summed E-state index contributed by atoms with van der Waals surface area (Å²) in [6.07, 6.45) is 5.40. The second kappa shape index (κ2) is 8.32. The molecule has 0 aliphatic carbocycles. The van der Waals surface area contributed by atoms with Crippen molar-refractivity contribution >= 4 is 87.0 Å². The average Bonchev–Trinajstić information content (AvgIpc) is 3.64. The van der Waals surface area contributed by atoms with Gasteiger partial charge in [-0.05, 0) is 63.3 Å². The number of pyridine rings is 1. The second-order valence-corrected chi connectivity index (χ2v) is 11.9. The molecular formula is C40H20N6. The standard InChI is InChI=1S/C40H20N6/c41-19-28-30(45-32-14-4-10-25-29-20-42-21-44-39(29)27-11-5-15-33(45)37(27)35(25)32)12-6-13-31(28)46-34-16-3-9-24-22-7-1-2-8-23(22)26-17-18-43-40(46)38(26)36(24)34/h1-18,20-21H. The molecule has 6 heteroatoms. The summed E-state index contributed by atoms with van der Waals surface area (Å²) < 4.78 is 4.42. The molecule has 0 unspecified atom stereocenters. The van der Waals surface area contributed by atoms with Gasteiger partial charge in [0.2, 0.25) is 0 Å². The van der Waals surface area contributed by atoms with Gasteiger partial charge in [0.05, 0.1) is 33.4 Å². The molecule has 7 aromatic carbocycles. The molecule has 210 valence electrons. The second-order valence-electron chi connectivity index (χ2n) is 11.9. The van der Waals surface area contributed by atoms with Crippen molar-refractivity contribution in [3.8, 4) is 17.4 Å². The van der Waals surface area contributed by atoms with Crippen LogP contribution in [0.25, 0.3) is 98.3 Å². The summed E-state index contributed by atoms with van der Waals surface area (Å²) in [5.74, 6) is 0. The highest BCUT2D eigenvalue weighted by molar-refractivity contribution is 6.35. The molecule has 4 heterocycles. The van der Waals surface area contributed by atoms with Gasteiger partial charge in [-0.25, -0.2) is 15.0 Å². The van der Waals surface area contributed by atoms with Crippen molar-refractivity contribution in [1.82, 2.24) is 24.1 Å². The van der Waals surface area contributed by atoms with E-state index in [2.05, 4.69) is 117 Å². The van der Waals surface area contributed by atoms with Gasteiger partial charge in [0.25, 0.3) is 0 Å². The lowest BCUT2D eigenvalue weighted by atomic mass is 9.96. The van der Waals surface area contributed by atoms with E-state index in [9.17, 15) is 5.26 Å². The van der Waals surface area contributed by atoms with Gasteiger partial charge < -0.3 is 4.57 Å². The van der Waals surface area contributed by atoms with E-state index in [0.29, 0.717) is 5.56 Å². The van der Waals surface area contributed by atoms with Gasteiger partial charge in [0.1, 0.15) is 23.6 Å². The smallest absolute Gasteiger partial charge is 0.146 e. The van der Waals surface area contributed by atoms with Crippen LogP contribution in [-0.2, 0) is 0 Å².